The van der Waals surface area contributed by atoms with Crippen LogP contribution in [0.5, 0.6) is 0 Å². The molecule has 1 saturated heterocycles. The third-order valence-corrected chi connectivity index (χ3v) is 3.52. The maximum atomic E-state index is 11.5. The first-order valence-electron chi connectivity index (χ1n) is 7.16. The van der Waals surface area contributed by atoms with Crippen LogP contribution in [0, 0.1) is 0 Å². The van der Waals surface area contributed by atoms with E-state index in [1.807, 2.05) is 6.07 Å². The van der Waals surface area contributed by atoms with Crippen molar-refractivity contribution < 1.29 is 9.53 Å². The zero-order valence-electron chi connectivity index (χ0n) is 12.3. The van der Waals surface area contributed by atoms with Gasteiger partial charge in [0.2, 0.25) is 5.95 Å². The summed E-state index contributed by atoms with van der Waals surface area (Å²) in [5.74, 6) is 0.846. The minimum absolute atomic E-state index is 0.381. The second-order valence-electron chi connectivity index (χ2n) is 5.03. The molecule has 22 heavy (non-hydrogen) atoms. The number of aromatic nitrogens is 3. The van der Waals surface area contributed by atoms with E-state index in [9.17, 15) is 4.79 Å². The second-order valence-corrected chi connectivity index (χ2v) is 5.03. The number of nitrogens with one attached hydrogen (secondary N) is 1. The first-order chi connectivity index (χ1) is 10.8. The zero-order valence-corrected chi connectivity index (χ0v) is 12.3. The van der Waals surface area contributed by atoms with E-state index < -0.39 is 0 Å². The lowest BCUT2D eigenvalue weighted by molar-refractivity contribution is 0.0601. The molecule has 7 nitrogen and oxygen atoms in total. The lowest BCUT2D eigenvalue weighted by Gasteiger charge is -2.16. The van der Waals surface area contributed by atoms with Crippen molar-refractivity contribution in [3.8, 4) is 0 Å². The van der Waals surface area contributed by atoms with Crippen molar-refractivity contribution in [2.45, 2.75) is 12.8 Å². The second kappa shape index (κ2) is 6.38. The molecule has 3 rings (SSSR count). The fourth-order valence-electron chi connectivity index (χ4n) is 2.42. The smallest absolute Gasteiger partial charge is 0.337 e. The number of methoxy groups -OCH3 is 1. The third kappa shape index (κ3) is 3.13. The summed E-state index contributed by atoms with van der Waals surface area (Å²) in [6, 6.07) is 6.99. The molecule has 1 fully saturated rings. The van der Waals surface area contributed by atoms with E-state index in [4.69, 9.17) is 4.74 Å². The van der Waals surface area contributed by atoms with Gasteiger partial charge in [0.15, 0.2) is 5.82 Å². The lowest BCUT2D eigenvalue weighted by Crippen LogP contribution is -2.19. The Balaban J connectivity index is 1.78. The predicted molar refractivity (Wildman–Crippen MR) is 82.3 cm³/mol. The highest BCUT2D eigenvalue weighted by molar-refractivity contribution is 5.90. The van der Waals surface area contributed by atoms with Crippen molar-refractivity contribution >= 4 is 23.4 Å². The van der Waals surface area contributed by atoms with E-state index in [1.165, 1.54) is 20.0 Å². The normalized spacial score (nSPS) is 14.0. The van der Waals surface area contributed by atoms with Crippen molar-refractivity contribution in [2.75, 3.05) is 30.4 Å². The van der Waals surface area contributed by atoms with E-state index in [0.29, 0.717) is 17.2 Å². The van der Waals surface area contributed by atoms with Crippen LogP contribution in [0.25, 0.3) is 0 Å². The quantitative estimate of drug-likeness (QED) is 0.865. The van der Waals surface area contributed by atoms with Crippen LogP contribution >= 0.6 is 0 Å². The Bertz CT molecular complexity index is 670. The monoisotopic (exact) mass is 299 g/mol. The van der Waals surface area contributed by atoms with Crippen LogP contribution in [0.15, 0.2) is 30.5 Å². The van der Waals surface area contributed by atoms with Crippen LogP contribution in [0.1, 0.15) is 23.2 Å². The molecule has 0 aliphatic carbocycles. The van der Waals surface area contributed by atoms with Crippen LogP contribution in [-0.2, 0) is 4.74 Å². The van der Waals surface area contributed by atoms with Crippen LogP contribution in [0.3, 0.4) is 0 Å². The average molecular weight is 299 g/mol. The van der Waals surface area contributed by atoms with Gasteiger partial charge in [-0.15, -0.1) is 5.10 Å². The number of carbonyl (C=O) groups is 1. The average Bonchev–Trinajstić information content (AvgIpc) is 3.09. The van der Waals surface area contributed by atoms with Gasteiger partial charge in [0, 0.05) is 18.8 Å². The molecule has 0 spiro atoms. The molecule has 1 N–H and O–H groups in total. The molecule has 7 heteroatoms. The highest BCUT2D eigenvalue weighted by Gasteiger charge is 2.15. The van der Waals surface area contributed by atoms with E-state index in [1.54, 1.807) is 24.4 Å². The van der Waals surface area contributed by atoms with Gasteiger partial charge in [-0.25, -0.2) is 4.79 Å². The topological polar surface area (TPSA) is 80.2 Å². The van der Waals surface area contributed by atoms with Gasteiger partial charge in [-0.1, -0.05) is 6.07 Å². The summed E-state index contributed by atoms with van der Waals surface area (Å²) in [5, 5.41) is 11.0. The Morgan fingerprint density at radius 3 is 2.91 bits per heavy atom. The van der Waals surface area contributed by atoms with Crippen molar-refractivity contribution in [3.05, 3.63) is 36.0 Å². The largest absolute Gasteiger partial charge is 0.465 e. The van der Waals surface area contributed by atoms with Gasteiger partial charge in [0.05, 0.1) is 18.9 Å². The number of benzene rings is 1. The Kier molecular flexibility index (Phi) is 4.13. The molecule has 0 bridgehead atoms. The summed E-state index contributed by atoms with van der Waals surface area (Å²) >= 11 is 0. The van der Waals surface area contributed by atoms with Crippen molar-refractivity contribution in [1.82, 2.24) is 15.2 Å². The van der Waals surface area contributed by atoms with Gasteiger partial charge < -0.3 is 15.0 Å². The number of esters is 1. The molecule has 0 radical (unpaired) electrons. The van der Waals surface area contributed by atoms with E-state index in [2.05, 4.69) is 25.4 Å². The van der Waals surface area contributed by atoms with Gasteiger partial charge in [0.1, 0.15) is 0 Å². The first-order valence-corrected chi connectivity index (χ1v) is 7.16. The number of anilines is 3. The minimum atomic E-state index is -0.381. The standard InChI is InChI=1S/C15H17N5O2/c1-22-14(21)11-5-4-6-12(9-11)17-15-18-13(10-16-19-15)20-7-2-3-8-20/h4-6,9-10H,2-3,7-8H2,1H3,(H,17,18,19). The molecule has 1 aromatic heterocycles. The Hall–Kier alpha value is -2.70. The Labute approximate surface area is 128 Å². The predicted octanol–water partition coefficient (Wildman–Crippen LogP) is 2.00. The number of rotatable bonds is 4. The van der Waals surface area contributed by atoms with Crippen molar-refractivity contribution in [3.63, 3.8) is 0 Å². The number of hydrogen-bond acceptors (Lipinski definition) is 7. The fourth-order valence-corrected chi connectivity index (χ4v) is 2.42. The molecule has 2 heterocycles. The number of hydrogen-bond donors (Lipinski definition) is 1. The summed E-state index contributed by atoms with van der Waals surface area (Å²) in [7, 11) is 1.36. The molecule has 1 aliphatic heterocycles. The molecule has 0 unspecified atom stereocenters. The summed E-state index contributed by atoms with van der Waals surface area (Å²) in [6.07, 6.45) is 4.02. The number of carbonyl (C=O) groups excluding carboxylic acids is 1. The summed E-state index contributed by atoms with van der Waals surface area (Å²) in [6.45, 7) is 1.99. The Morgan fingerprint density at radius 1 is 1.32 bits per heavy atom. The van der Waals surface area contributed by atoms with E-state index >= 15 is 0 Å². The van der Waals surface area contributed by atoms with Crippen LogP contribution in [0.4, 0.5) is 17.5 Å². The minimum Gasteiger partial charge on any atom is -0.465 e. The van der Waals surface area contributed by atoms with E-state index in [0.717, 1.165) is 18.9 Å². The summed E-state index contributed by atoms with van der Waals surface area (Å²) < 4.78 is 4.71. The molecule has 114 valence electrons. The molecular weight excluding hydrogens is 282 g/mol. The highest BCUT2D eigenvalue weighted by atomic mass is 16.5. The van der Waals surface area contributed by atoms with Gasteiger partial charge >= 0.3 is 5.97 Å². The summed E-state index contributed by atoms with van der Waals surface area (Å²) in [5.41, 5.74) is 1.18. The molecule has 0 atom stereocenters. The van der Waals surface area contributed by atoms with Crippen LogP contribution in [-0.4, -0.2) is 41.3 Å². The zero-order chi connectivity index (χ0) is 15.4. The van der Waals surface area contributed by atoms with Gasteiger partial charge in [-0.2, -0.15) is 10.1 Å². The fraction of sp³-hybridized carbons (Fsp3) is 0.333. The van der Waals surface area contributed by atoms with Crippen LogP contribution < -0.4 is 10.2 Å². The maximum absolute atomic E-state index is 11.5. The molecule has 0 saturated carbocycles. The van der Waals surface area contributed by atoms with Gasteiger partial charge in [0.25, 0.3) is 0 Å². The number of ether oxygens (including phenoxy) is 1. The lowest BCUT2D eigenvalue weighted by atomic mass is 10.2. The van der Waals surface area contributed by atoms with Gasteiger partial charge in [-0.05, 0) is 31.0 Å². The molecule has 1 aromatic carbocycles. The van der Waals surface area contributed by atoms with Crippen molar-refractivity contribution in [1.29, 1.82) is 0 Å². The SMILES string of the molecule is COC(=O)c1cccc(Nc2nncc(N3CCCC3)n2)c1. The highest BCUT2D eigenvalue weighted by Crippen LogP contribution is 2.19. The maximum Gasteiger partial charge on any atom is 0.337 e. The molecule has 0 amide bonds. The van der Waals surface area contributed by atoms with Crippen LogP contribution in [0.2, 0.25) is 0 Å². The first kappa shape index (κ1) is 14.2. The number of nitrogens with zero attached hydrogens (tertiary/aromatic N) is 4. The van der Waals surface area contributed by atoms with Gasteiger partial charge in [-0.3, -0.25) is 0 Å². The molecular formula is C15H17N5O2. The Morgan fingerprint density at radius 2 is 2.14 bits per heavy atom. The molecule has 1 aliphatic rings. The molecule has 2 aromatic rings. The third-order valence-electron chi connectivity index (χ3n) is 3.52. The van der Waals surface area contributed by atoms with E-state index in [-0.39, 0.29) is 5.97 Å². The summed E-state index contributed by atoms with van der Waals surface area (Å²) in [4.78, 5) is 18.2. The van der Waals surface area contributed by atoms with Crippen molar-refractivity contribution in [2.24, 2.45) is 0 Å².